The fourth-order valence-corrected chi connectivity index (χ4v) is 5.86. The number of rotatable bonds is 22. The number of amides is 6. The number of aldehydes is 1. The predicted molar refractivity (Wildman–Crippen MR) is 196 cm³/mol. The second kappa shape index (κ2) is 23.0. The molecule has 0 saturated carbocycles. The number of nitrogens with one attached hydrogen (secondary N) is 7. The molecule has 0 radical (unpaired) electrons. The summed E-state index contributed by atoms with van der Waals surface area (Å²) in [5, 5.41) is 14.5. The number of unbranched alkanes of at least 4 members (excludes halogenated alkanes) is 3. The van der Waals surface area contributed by atoms with Gasteiger partial charge in [-0.25, -0.2) is 15.0 Å². The third-order valence-electron chi connectivity index (χ3n) is 9.79. The molecule has 1 heterocycles. The van der Waals surface area contributed by atoms with Gasteiger partial charge in [-0.05, 0) is 93.4 Å². The van der Waals surface area contributed by atoms with E-state index >= 15 is 0 Å². The van der Waals surface area contributed by atoms with Crippen molar-refractivity contribution in [1.29, 1.82) is 0 Å². The zero-order chi connectivity index (χ0) is 37.1. The lowest BCUT2D eigenvalue weighted by atomic mass is 10.1. The van der Waals surface area contributed by atoms with E-state index in [4.69, 9.17) is 0 Å². The molecule has 6 atom stereocenters. The summed E-state index contributed by atoms with van der Waals surface area (Å²) >= 11 is 0. The van der Waals surface area contributed by atoms with Crippen molar-refractivity contribution in [2.24, 2.45) is 0 Å². The molecular weight excluding hydrogens is 640 g/mol. The van der Waals surface area contributed by atoms with Crippen LogP contribution in [0.4, 0.5) is 9.59 Å². The van der Waals surface area contributed by atoms with E-state index in [1.165, 1.54) is 0 Å². The summed E-state index contributed by atoms with van der Waals surface area (Å²) < 4.78 is 0. The lowest BCUT2D eigenvalue weighted by molar-refractivity contribution is -0.125. The zero-order valence-corrected chi connectivity index (χ0v) is 31.3. The zero-order valence-electron chi connectivity index (χ0n) is 31.3. The van der Waals surface area contributed by atoms with Crippen molar-refractivity contribution >= 4 is 30.2 Å². The summed E-state index contributed by atoms with van der Waals surface area (Å²) in [5.41, 5.74) is 6.31. The highest BCUT2D eigenvalue weighted by molar-refractivity contribution is 5.84. The van der Waals surface area contributed by atoms with Gasteiger partial charge in [0.25, 0.3) is 5.91 Å². The molecule has 0 aromatic carbocycles. The van der Waals surface area contributed by atoms with E-state index in [9.17, 15) is 24.0 Å². The van der Waals surface area contributed by atoms with Crippen molar-refractivity contribution in [1.82, 2.24) is 52.1 Å². The van der Waals surface area contributed by atoms with Crippen molar-refractivity contribution < 1.29 is 24.0 Å². The standard InChI is InChI=1S/C35H64N10O5/c1-8-44(21-12-10-9-11-20-38-42-33(48)27(4)37-6)34(49)40-28-14-16-29(17-15-28)41-35(50)45(22-19-31-18-13-25(2)43(31)7)23-30(24-46)39-32(47)26(3)36-5/h14-16,24-27,29-31,36-38H,8-13,17-23H2,1-7H3,(H,39,47)(H,40,49)(H,41,50)(H,42,48)/t25?,26?,27-,29?,30?,31?/m0/s1. The first-order chi connectivity index (χ1) is 23.9. The Morgan fingerprint density at radius 2 is 1.66 bits per heavy atom. The van der Waals surface area contributed by atoms with Crippen LogP contribution >= 0.6 is 0 Å². The molecule has 0 spiro atoms. The molecule has 0 aromatic rings. The van der Waals surface area contributed by atoms with Gasteiger partial charge in [-0.3, -0.25) is 15.0 Å². The van der Waals surface area contributed by atoms with Crippen LogP contribution in [0.15, 0.2) is 23.9 Å². The minimum Gasteiger partial charge on any atom is -0.343 e. The smallest absolute Gasteiger partial charge is 0.321 e. The van der Waals surface area contributed by atoms with Gasteiger partial charge in [0.15, 0.2) is 0 Å². The molecule has 284 valence electrons. The number of hydrazine groups is 1. The summed E-state index contributed by atoms with van der Waals surface area (Å²) in [4.78, 5) is 68.4. The molecule has 1 aliphatic heterocycles. The number of nitrogens with zero attached hydrogens (tertiary/aromatic N) is 3. The maximum absolute atomic E-state index is 13.5. The van der Waals surface area contributed by atoms with Crippen molar-refractivity contribution in [3.63, 3.8) is 0 Å². The number of hydrogen-bond donors (Lipinski definition) is 7. The summed E-state index contributed by atoms with van der Waals surface area (Å²) in [5.74, 6) is -0.403. The van der Waals surface area contributed by atoms with Crippen molar-refractivity contribution in [2.75, 3.05) is 53.9 Å². The van der Waals surface area contributed by atoms with E-state index < -0.39 is 12.1 Å². The van der Waals surface area contributed by atoms with Gasteiger partial charge in [-0.15, -0.1) is 0 Å². The molecule has 0 aromatic heterocycles. The summed E-state index contributed by atoms with van der Waals surface area (Å²) in [6, 6.07) is -1.49. The van der Waals surface area contributed by atoms with E-state index in [0.29, 0.717) is 56.7 Å². The molecule has 6 amide bonds. The minimum absolute atomic E-state index is 0.0648. The van der Waals surface area contributed by atoms with Gasteiger partial charge in [-0.2, -0.15) is 0 Å². The van der Waals surface area contributed by atoms with E-state index in [2.05, 4.69) is 56.3 Å². The number of likely N-dealkylation sites (tertiary alicyclic amines) is 1. The number of hydrogen-bond acceptors (Lipinski definition) is 9. The Morgan fingerprint density at radius 1 is 0.960 bits per heavy atom. The van der Waals surface area contributed by atoms with Crippen LogP contribution in [0.3, 0.4) is 0 Å². The van der Waals surface area contributed by atoms with Crippen LogP contribution in [-0.4, -0.2) is 135 Å². The number of urea groups is 2. The van der Waals surface area contributed by atoms with Crippen LogP contribution in [0.2, 0.25) is 0 Å². The second-order valence-corrected chi connectivity index (χ2v) is 13.4. The molecule has 1 fully saturated rings. The molecule has 7 N–H and O–H groups in total. The molecular formula is C35H64N10O5. The summed E-state index contributed by atoms with van der Waals surface area (Å²) in [6.45, 7) is 10.1. The second-order valence-electron chi connectivity index (χ2n) is 13.4. The third kappa shape index (κ3) is 14.8. The topological polar surface area (TPSA) is 179 Å². The predicted octanol–water partition coefficient (Wildman–Crippen LogP) is 1.20. The number of likely N-dealkylation sites (N-methyl/N-ethyl adjacent to an activating group) is 2. The Labute approximate surface area is 299 Å². The van der Waals surface area contributed by atoms with Crippen molar-refractivity contribution in [3.05, 3.63) is 23.9 Å². The van der Waals surface area contributed by atoms with E-state index in [1.54, 1.807) is 43.8 Å². The first kappa shape index (κ1) is 42.6. The van der Waals surface area contributed by atoms with Crippen LogP contribution in [0.25, 0.3) is 0 Å². The van der Waals surface area contributed by atoms with Gasteiger partial charge in [0.1, 0.15) is 12.3 Å². The number of allylic oxidation sites excluding steroid dienone is 1. The molecule has 5 unspecified atom stereocenters. The van der Waals surface area contributed by atoms with Gasteiger partial charge in [0.2, 0.25) is 5.91 Å². The van der Waals surface area contributed by atoms with Gasteiger partial charge in [0.05, 0.1) is 18.1 Å². The van der Waals surface area contributed by atoms with E-state index in [1.807, 2.05) is 19.1 Å². The Morgan fingerprint density at radius 3 is 2.26 bits per heavy atom. The Bertz CT molecular complexity index is 1150. The molecule has 2 aliphatic rings. The fourth-order valence-electron chi connectivity index (χ4n) is 5.86. The van der Waals surface area contributed by atoms with E-state index in [0.717, 1.165) is 44.9 Å². The number of carbonyl (C=O) groups excluding carboxylic acids is 5. The molecule has 15 heteroatoms. The first-order valence-corrected chi connectivity index (χ1v) is 18.3. The van der Waals surface area contributed by atoms with Gasteiger partial charge in [0, 0.05) is 50.5 Å². The largest absolute Gasteiger partial charge is 0.343 e. The molecule has 0 bridgehead atoms. The van der Waals surface area contributed by atoms with Crippen LogP contribution in [0.1, 0.15) is 79.1 Å². The number of carbonyl (C=O) groups is 5. The van der Waals surface area contributed by atoms with Crippen molar-refractivity contribution in [2.45, 2.75) is 115 Å². The Hall–Kier alpha value is -3.53. The lowest BCUT2D eigenvalue weighted by Crippen LogP contribution is -2.54. The quantitative estimate of drug-likeness (QED) is 0.0496. The summed E-state index contributed by atoms with van der Waals surface area (Å²) in [7, 11) is 5.51. The molecule has 2 rings (SSSR count). The average Bonchev–Trinajstić information content (AvgIpc) is 3.44. The molecule has 15 nitrogen and oxygen atoms in total. The Balaban J connectivity index is 1.83. The minimum atomic E-state index is -0.835. The van der Waals surface area contributed by atoms with Crippen LogP contribution in [-0.2, 0) is 14.4 Å². The van der Waals surface area contributed by atoms with Gasteiger partial charge >= 0.3 is 12.1 Å². The highest BCUT2D eigenvalue weighted by Crippen LogP contribution is 2.24. The average molecular weight is 705 g/mol. The maximum atomic E-state index is 13.5. The van der Waals surface area contributed by atoms with E-state index in [-0.39, 0.29) is 42.5 Å². The lowest BCUT2D eigenvalue weighted by Gasteiger charge is -2.31. The van der Waals surface area contributed by atoms with Crippen molar-refractivity contribution in [3.8, 4) is 0 Å². The third-order valence-corrected chi connectivity index (χ3v) is 9.79. The monoisotopic (exact) mass is 705 g/mol. The van der Waals surface area contributed by atoms with Crippen LogP contribution < -0.4 is 37.4 Å². The molecule has 1 saturated heterocycles. The fraction of sp³-hybridized carbons (Fsp3) is 0.743. The highest BCUT2D eigenvalue weighted by Gasteiger charge is 2.29. The Kier molecular flexibility index (Phi) is 19.6. The molecule has 1 aliphatic carbocycles. The maximum Gasteiger partial charge on any atom is 0.321 e. The van der Waals surface area contributed by atoms with Gasteiger partial charge in [-0.1, -0.05) is 25.0 Å². The van der Waals surface area contributed by atoms with Gasteiger partial charge < -0.3 is 46.1 Å². The SMILES string of the molecule is CCN(CCCCCCNNC(=O)[C@H](C)NC)C(=O)NC1=CCC(NC(=O)N(CCC2CCC(C)N2C)CC(C=O)NC(=O)C(C)NC)C=C1. The molecule has 50 heavy (non-hydrogen) atoms. The first-order valence-electron chi connectivity index (χ1n) is 18.3. The normalized spacial score (nSPS) is 20.6. The highest BCUT2D eigenvalue weighted by atomic mass is 16.2. The van der Waals surface area contributed by atoms with Crippen LogP contribution in [0.5, 0.6) is 0 Å². The van der Waals surface area contributed by atoms with Crippen LogP contribution in [0, 0.1) is 0 Å². The summed E-state index contributed by atoms with van der Waals surface area (Å²) in [6.07, 6.45) is 13.4.